The van der Waals surface area contributed by atoms with Crippen LogP contribution < -0.4 is 0 Å². The van der Waals surface area contributed by atoms with Crippen molar-refractivity contribution in [3.63, 3.8) is 0 Å². The van der Waals surface area contributed by atoms with Gasteiger partial charge >= 0.3 is 0 Å². The largest absolute Gasteiger partial charge is 0.252 e. The molecule has 0 unspecified atom stereocenters. The van der Waals surface area contributed by atoms with Crippen molar-refractivity contribution in [1.29, 1.82) is 0 Å². The highest BCUT2D eigenvalue weighted by Crippen LogP contribution is 2.39. The molecular formula is C22H22BrNO2S2. The zero-order valence-corrected chi connectivity index (χ0v) is 18.6. The Morgan fingerprint density at radius 2 is 1.39 bits per heavy atom. The van der Waals surface area contributed by atoms with E-state index in [4.69, 9.17) is 0 Å². The first-order valence-electron chi connectivity index (χ1n) is 9.41. The van der Waals surface area contributed by atoms with Gasteiger partial charge in [0.15, 0.2) is 0 Å². The van der Waals surface area contributed by atoms with Crippen LogP contribution in [0.5, 0.6) is 0 Å². The second-order valence-corrected chi connectivity index (χ2v) is 11.7. The number of halogens is 1. The summed E-state index contributed by atoms with van der Waals surface area (Å²) in [5.74, 6) is 0.717. The topological polar surface area (TPSA) is 37.4 Å². The Morgan fingerprint density at radius 3 is 1.86 bits per heavy atom. The average molecular weight is 476 g/mol. The molecule has 1 fully saturated rings. The van der Waals surface area contributed by atoms with Crippen molar-refractivity contribution in [2.45, 2.75) is 23.0 Å². The third-order valence-electron chi connectivity index (χ3n) is 5.43. The molecule has 0 atom stereocenters. The van der Waals surface area contributed by atoms with E-state index in [0.29, 0.717) is 29.1 Å². The summed E-state index contributed by atoms with van der Waals surface area (Å²) in [6, 6.07) is 24.6. The van der Waals surface area contributed by atoms with Crippen molar-refractivity contribution in [2.75, 3.05) is 13.1 Å². The number of hydrogen-bond acceptors (Lipinski definition) is 3. The van der Waals surface area contributed by atoms with Crippen molar-refractivity contribution < 1.29 is 8.42 Å². The third-order valence-corrected chi connectivity index (χ3v) is 9.42. The third kappa shape index (κ3) is 4.10. The van der Waals surface area contributed by atoms with Crippen LogP contribution >= 0.6 is 27.3 Å². The van der Waals surface area contributed by atoms with Crippen LogP contribution in [-0.2, 0) is 10.0 Å². The van der Waals surface area contributed by atoms with Gasteiger partial charge in [-0.1, -0.05) is 60.7 Å². The van der Waals surface area contributed by atoms with Crippen molar-refractivity contribution in [2.24, 2.45) is 5.92 Å². The van der Waals surface area contributed by atoms with Gasteiger partial charge in [-0.3, -0.25) is 0 Å². The maximum absolute atomic E-state index is 12.9. The predicted molar refractivity (Wildman–Crippen MR) is 118 cm³/mol. The molecule has 28 heavy (non-hydrogen) atoms. The lowest BCUT2D eigenvalue weighted by Gasteiger charge is -2.36. The van der Waals surface area contributed by atoms with E-state index < -0.39 is 10.0 Å². The number of sulfonamides is 1. The van der Waals surface area contributed by atoms with Crippen LogP contribution in [-0.4, -0.2) is 25.8 Å². The SMILES string of the molecule is O=S(=O)(c1ccc(Br)s1)N1CCC(C(c2ccccc2)c2ccccc2)CC1. The molecule has 4 rings (SSSR count). The van der Waals surface area contributed by atoms with Crippen LogP contribution in [0.15, 0.2) is 80.8 Å². The maximum atomic E-state index is 12.9. The van der Waals surface area contributed by atoms with Crippen LogP contribution in [0.25, 0.3) is 0 Å². The molecule has 3 nitrogen and oxygen atoms in total. The minimum absolute atomic E-state index is 0.295. The Bertz CT molecular complexity index is 971. The Hall–Kier alpha value is -1.47. The second kappa shape index (κ2) is 8.49. The van der Waals surface area contributed by atoms with Gasteiger partial charge in [-0.15, -0.1) is 11.3 Å². The molecule has 0 aliphatic carbocycles. The van der Waals surface area contributed by atoms with Gasteiger partial charge in [-0.05, 0) is 57.9 Å². The molecule has 0 radical (unpaired) electrons. The Balaban J connectivity index is 1.55. The normalized spacial score (nSPS) is 16.5. The van der Waals surface area contributed by atoms with Gasteiger partial charge in [0, 0.05) is 19.0 Å². The van der Waals surface area contributed by atoms with Gasteiger partial charge in [-0.2, -0.15) is 4.31 Å². The molecule has 0 amide bonds. The molecule has 0 saturated carbocycles. The highest BCUT2D eigenvalue weighted by molar-refractivity contribution is 9.11. The van der Waals surface area contributed by atoms with Crippen molar-refractivity contribution in [3.8, 4) is 0 Å². The molecule has 2 aromatic carbocycles. The quantitative estimate of drug-likeness (QED) is 0.471. The lowest BCUT2D eigenvalue weighted by Crippen LogP contribution is -2.39. The fourth-order valence-electron chi connectivity index (χ4n) is 4.07. The zero-order valence-electron chi connectivity index (χ0n) is 15.4. The number of thiophene rings is 1. The Kier molecular flexibility index (Phi) is 6.01. The molecule has 1 aliphatic rings. The zero-order chi connectivity index (χ0) is 19.6. The molecule has 2 heterocycles. The molecule has 3 aromatic rings. The van der Waals surface area contributed by atoms with Crippen molar-refractivity contribution >= 4 is 37.3 Å². The lowest BCUT2D eigenvalue weighted by atomic mass is 9.76. The molecule has 1 aliphatic heterocycles. The van der Waals surface area contributed by atoms with E-state index in [0.717, 1.165) is 16.6 Å². The van der Waals surface area contributed by atoms with E-state index in [9.17, 15) is 8.42 Å². The minimum atomic E-state index is -3.40. The smallest absolute Gasteiger partial charge is 0.206 e. The summed E-state index contributed by atoms with van der Waals surface area (Å²) in [5.41, 5.74) is 2.61. The fraction of sp³-hybridized carbons (Fsp3) is 0.273. The highest BCUT2D eigenvalue weighted by Gasteiger charge is 2.34. The summed E-state index contributed by atoms with van der Waals surface area (Å²) in [6.07, 6.45) is 1.72. The van der Waals surface area contributed by atoms with E-state index >= 15 is 0 Å². The molecule has 1 aromatic heterocycles. The van der Waals surface area contributed by atoms with Crippen molar-refractivity contribution in [1.82, 2.24) is 4.31 Å². The summed E-state index contributed by atoms with van der Waals surface area (Å²) in [6.45, 7) is 1.14. The molecule has 146 valence electrons. The first-order valence-corrected chi connectivity index (χ1v) is 12.5. The predicted octanol–water partition coefficient (Wildman–Crippen LogP) is 5.74. The van der Waals surface area contributed by atoms with Gasteiger partial charge in [0.2, 0.25) is 0 Å². The van der Waals surface area contributed by atoms with E-state index in [1.54, 1.807) is 16.4 Å². The molecule has 1 saturated heterocycles. The fourth-order valence-corrected chi connectivity index (χ4v) is 7.70. The second-order valence-electron chi connectivity index (χ2n) is 7.10. The molecular weight excluding hydrogens is 454 g/mol. The number of rotatable bonds is 5. The van der Waals surface area contributed by atoms with Gasteiger partial charge in [0.25, 0.3) is 10.0 Å². The maximum Gasteiger partial charge on any atom is 0.252 e. The lowest BCUT2D eigenvalue weighted by molar-refractivity contribution is 0.257. The van der Waals surface area contributed by atoms with Crippen LogP contribution in [0.1, 0.15) is 29.9 Å². The summed E-state index contributed by atoms with van der Waals surface area (Å²) < 4.78 is 28.8. The van der Waals surface area contributed by atoms with Gasteiger partial charge < -0.3 is 0 Å². The van der Waals surface area contributed by atoms with Gasteiger partial charge in [0.1, 0.15) is 4.21 Å². The summed E-state index contributed by atoms with van der Waals surface area (Å²) in [5, 5.41) is 0. The number of nitrogens with zero attached hydrogens (tertiary/aromatic N) is 1. The first-order chi connectivity index (χ1) is 13.6. The average Bonchev–Trinajstić information content (AvgIpc) is 3.18. The van der Waals surface area contributed by atoms with Crippen molar-refractivity contribution in [3.05, 3.63) is 87.7 Å². The van der Waals surface area contributed by atoms with E-state index in [1.807, 2.05) is 12.1 Å². The Labute approximate surface area is 179 Å². The number of piperidine rings is 1. The van der Waals surface area contributed by atoms with Gasteiger partial charge in [-0.25, -0.2) is 8.42 Å². The summed E-state index contributed by atoms with van der Waals surface area (Å²) >= 11 is 4.64. The van der Waals surface area contributed by atoms with Gasteiger partial charge in [0.05, 0.1) is 3.79 Å². The summed E-state index contributed by atoms with van der Waals surface area (Å²) in [7, 11) is -3.40. The molecule has 0 spiro atoms. The highest BCUT2D eigenvalue weighted by atomic mass is 79.9. The number of hydrogen-bond donors (Lipinski definition) is 0. The monoisotopic (exact) mass is 475 g/mol. The standard InChI is InChI=1S/C22H22BrNO2S2/c23-20-11-12-21(27-20)28(25,26)24-15-13-19(14-16-24)22(17-7-3-1-4-8-17)18-9-5-2-6-10-18/h1-12,19,22H,13-16H2. The van der Waals surface area contributed by atoms with Crippen LogP contribution in [0, 0.1) is 5.92 Å². The van der Waals surface area contributed by atoms with E-state index in [-0.39, 0.29) is 0 Å². The van der Waals surface area contributed by atoms with Crippen LogP contribution in [0.2, 0.25) is 0 Å². The number of benzene rings is 2. The minimum Gasteiger partial charge on any atom is -0.206 e. The van der Waals surface area contributed by atoms with E-state index in [2.05, 4.69) is 64.5 Å². The molecule has 6 heteroatoms. The Morgan fingerprint density at radius 1 is 0.857 bits per heavy atom. The summed E-state index contributed by atoms with van der Waals surface area (Å²) in [4.78, 5) is 0. The van der Waals surface area contributed by atoms with Crippen LogP contribution in [0.4, 0.5) is 0 Å². The van der Waals surface area contributed by atoms with Crippen LogP contribution in [0.3, 0.4) is 0 Å². The first kappa shape index (κ1) is 19.8. The van der Waals surface area contributed by atoms with E-state index in [1.165, 1.54) is 22.5 Å². The molecule has 0 bridgehead atoms. The molecule has 0 N–H and O–H groups in total.